The Bertz CT molecular complexity index is 285. The molecule has 0 aromatic rings. The monoisotopic (exact) mass is 240 g/mol. The third-order valence-electron chi connectivity index (χ3n) is 3.37. The Morgan fingerprint density at radius 3 is 2.35 bits per heavy atom. The van der Waals surface area contributed by atoms with Crippen LogP contribution in [0.1, 0.15) is 47.0 Å². The summed E-state index contributed by atoms with van der Waals surface area (Å²) in [6.07, 6.45) is 2.56. The van der Waals surface area contributed by atoms with Gasteiger partial charge in [-0.05, 0) is 25.2 Å². The highest BCUT2D eigenvalue weighted by molar-refractivity contribution is 5.95. The van der Waals surface area contributed by atoms with Crippen LogP contribution in [0, 0.1) is 5.92 Å². The Morgan fingerprint density at radius 2 is 1.88 bits per heavy atom. The number of nitrogens with one attached hydrogen (secondary N) is 1. The van der Waals surface area contributed by atoms with Gasteiger partial charge in [0, 0.05) is 6.04 Å². The molecule has 0 aliphatic carbocycles. The van der Waals surface area contributed by atoms with E-state index in [1.54, 1.807) is 0 Å². The van der Waals surface area contributed by atoms with Crippen molar-refractivity contribution in [1.29, 1.82) is 0 Å². The van der Waals surface area contributed by atoms with Crippen LogP contribution in [-0.2, 0) is 9.59 Å². The third kappa shape index (κ3) is 3.20. The molecule has 0 aromatic heterocycles. The number of amides is 2. The van der Waals surface area contributed by atoms with Crippen LogP contribution in [-0.4, -0.2) is 35.3 Å². The zero-order valence-electron chi connectivity index (χ0n) is 11.3. The number of hydrogen-bond acceptors (Lipinski definition) is 2. The lowest BCUT2D eigenvalue weighted by Gasteiger charge is -2.40. The SMILES string of the molecule is CCC(CC)N1C(=O)CNC(=O)C1CC(C)C. The molecule has 0 radical (unpaired) electrons. The van der Waals surface area contributed by atoms with Gasteiger partial charge < -0.3 is 10.2 Å². The smallest absolute Gasteiger partial charge is 0.243 e. The van der Waals surface area contributed by atoms with Gasteiger partial charge in [-0.15, -0.1) is 0 Å². The van der Waals surface area contributed by atoms with Gasteiger partial charge >= 0.3 is 0 Å². The predicted octanol–water partition coefficient (Wildman–Crippen LogP) is 1.55. The van der Waals surface area contributed by atoms with Crippen LogP contribution < -0.4 is 5.32 Å². The van der Waals surface area contributed by atoms with Crippen molar-refractivity contribution in [2.75, 3.05) is 6.54 Å². The quantitative estimate of drug-likeness (QED) is 0.792. The molecule has 4 nitrogen and oxygen atoms in total. The van der Waals surface area contributed by atoms with E-state index in [4.69, 9.17) is 0 Å². The summed E-state index contributed by atoms with van der Waals surface area (Å²) in [5.74, 6) is 0.475. The van der Waals surface area contributed by atoms with Crippen LogP contribution in [0.5, 0.6) is 0 Å². The minimum absolute atomic E-state index is 0.00481. The number of carbonyl (C=O) groups is 2. The van der Waals surface area contributed by atoms with Crippen molar-refractivity contribution in [2.45, 2.75) is 59.0 Å². The number of carbonyl (C=O) groups excluding carboxylic acids is 2. The summed E-state index contributed by atoms with van der Waals surface area (Å²) in [7, 11) is 0. The first-order chi connectivity index (χ1) is 8.01. The molecule has 1 aliphatic rings. The second kappa shape index (κ2) is 6.03. The van der Waals surface area contributed by atoms with E-state index in [0.29, 0.717) is 5.92 Å². The molecule has 0 saturated carbocycles. The molecule has 1 atom stereocenters. The molecule has 1 rings (SSSR count). The van der Waals surface area contributed by atoms with Crippen LogP contribution in [0.2, 0.25) is 0 Å². The summed E-state index contributed by atoms with van der Waals surface area (Å²) in [5, 5.41) is 2.69. The Balaban J connectivity index is 2.90. The lowest BCUT2D eigenvalue weighted by molar-refractivity contribution is -0.149. The van der Waals surface area contributed by atoms with Crippen molar-refractivity contribution in [3.63, 3.8) is 0 Å². The van der Waals surface area contributed by atoms with E-state index in [2.05, 4.69) is 33.0 Å². The zero-order valence-corrected chi connectivity index (χ0v) is 11.3. The summed E-state index contributed by atoms with van der Waals surface area (Å²) in [4.78, 5) is 25.7. The molecule has 1 fully saturated rings. The average Bonchev–Trinajstić information content (AvgIpc) is 2.28. The lowest BCUT2D eigenvalue weighted by Crippen LogP contribution is -2.61. The van der Waals surface area contributed by atoms with Gasteiger partial charge in [0.15, 0.2) is 0 Å². The van der Waals surface area contributed by atoms with Crippen LogP contribution >= 0.6 is 0 Å². The molecular formula is C13H24N2O2. The number of piperazine rings is 1. The third-order valence-corrected chi connectivity index (χ3v) is 3.37. The summed E-state index contributed by atoms with van der Waals surface area (Å²) < 4.78 is 0. The van der Waals surface area contributed by atoms with Gasteiger partial charge in [-0.2, -0.15) is 0 Å². The molecule has 98 valence electrons. The number of nitrogens with zero attached hydrogens (tertiary/aromatic N) is 1. The molecule has 2 amide bonds. The van der Waals surface area contributed by atoms with Crippen molar-refractivity contribution >= 4 is 11.8 Å². The Labute approximate surface area is 104 Å². The highest BCUT2D eigenvalue weighted by atomic mass is 16.2. The first-order valence-electron chi connectivity index (χ1n) is 6.60. The van der Waals surface area contributed by atoms with E-state index in [1.165, 1.54) is 0 Å². The van der Waals surface area contributed by atoms with Crippen molar-refractivity contribution in [1.82, 2.24) is 10.2 Å². The Morgan fingerprint density at radius 1 is 1.29 bits per heavy atom. The molecule has 17 heavy (non-hydrogen) atoms. The molecule has 1 aliphatic heterocycles. The molecule has 0 spiro atoms. The summed E-state index contributed by atoms with van der Waals surface area (Å²) in [5.41, 5.74) is 0. The molecule has 1 heterocycles. The largest absolute Gasteiger partial charge is 0.345 e. The van der Waals surface area contributed by atoms with Crippen molar-refractivity contribution in [3.8, 4) is 0 Å². The van der Waals surface area contributed by atoms with Gasteiger partial charge in [0.2, 0.25) is 11.8 Å². The second-order valence-corrected chi connectivity index (χ2v) is 5.13. The Hall–Kier alpha value is -1.06. The second-order valence-electron chi connectivity index (χ2n) is 5.13. The van der Waals surface area contributed by atoms with Crippen LogP contribution in [0.15, 0.2) is 0 Å². The van der Waals surface area contributed by atoms with E-state index in [0.717, 1.165) is 19.3 Å². The summed E-state index contributed by atoms with van der Waals surface area (Å²) >= 11 is 0. The minimum atomic E-state index is -0.277. The molecule has 1 unspecified atom stereocenters. The van der Waals surface area contributed by atoms with Gasteiger partial charge in [-0.25, -0.2) is 0 Å². The molecule has 1 N–H and O–H groups in total. The molecule has 0 aromatic carbocycles. The topological polar surface area (TPSA) is 49.4 Å². The predicted molar refractivity (Wildman–Crippen MR) is 67.5 cm³/mol. The average molecular weight is 240 g/mol. The van der Waals surface area contributed by atoms with Gasteiger partial charge in [-0.3, -0.25) is 9.59 Å². The van der Waals surface area contributed by atoms with Crippen molar-refractivity contribution < 1.29 is 9.59 Å². The van der Waals surface area contributed by atoms with Gasteiger partial charge in [0.1, 0.15) is 6.04 Å². The fourth-order valence-electron chi connectivity index (χ4n) is 2.48. The molecule has 0 bridgehead atoms. The first-order valence-corrected chi connectivity index (χ1v) is 6.60. The highest BCUT2D eigenvalue weighted by Crippen LogP contribution is 2.21. The van der Waals surface area contributed by atoms with E-state index >= 15 is 0 Å². The fraction of sp³-hybridized carbons (Fsp3) is 0.846. The molecular weight excluding hydrogens is 216 g/mol. The normalized spacial score (nSPS) is 21.3. The van der Waals surface area contributed by atoms with Gasteiger partial charge in [0.05, 0.1) is 6.54 Å². The molecule has 1 saturated heterocycles. The minimum Gasteiger partial charge on any atom is -0.345 e. The highest BCUT2D eigenvalue weighted by Gasteiger charge is 2.37. The molecule has 4 heteroatoms. The maximum Gasteiger partial charge on any atom is 0.243 e. The fourth-order valence-corrected chi connectivity index (χ4v) is 2.48. The van der Waals surface area contributed by atoms with Crippen molar-refractivity contribution in [2.24, 2.45) is 5.92 Å². The summed E-state index contributed by atoms with van der Waals surface area (Å²) in [6.45, 7) is 8.46. The zero-order chi connectivity index (χ0) is 13.0. The van der Waals surface area contributed by atoms with Gasteiger partial charge in [-0.1, -0.05) is 27.7 Å². The maximum absolute atomic E-state index is 12.0. The summed E-state index contributed by atoms with van der Waals surface area (Å²) in [6, 6.07) is -0.0848. The lowest BCUT2D eigenvalue weighted by atomic mass is 9.96. The van der Waals surface area contributed by atoms with E-state index in [-0.39, 0.29) is 30.4 Å². The van der Waals surface area contributed by atoms with Crippen LogP contribution in [0.3, 0.4) is 0 Å². The first kappa shape index (κ1) is 14.0. The van der Waals surface area contributed by atoms with Crippen LogP contribution in [0.25, 0.3) is 0 Å². The standard InChI is InChI=1S/C13H24N2O2/c1-5-10(6-2)15-11(7-9(3)4)13(17)14-8-12(15)16/h9-11H,5-8H2,1-4H3,(H,14,17). The van der Waals surface area contributed by atoms with Gasteiger partial charge in [0.25, 0.3) is 0 Å². The van der Waals surface area contributed by atoms with E-state index in [9.17, 15) is 9.59 Å². The van der Waals surface area contributed by atoms with E-state index < -0.39 is 0 Å². The van der Waals surface area contributed by atoms with Crippen molar-refractivity contribution in [3.05, 3.63) is 0 Å². The Kier molecular flexibility index (Phi) is 4.97. The number of rotatable bonds is 5. The maximum atomic E-state index is 12.0. The number of hydrogen-bond donors (Lipinski definition) is 1. The van der Waals surface area contributed by atoms with E-state index in [1.807, 2.05) is 4.90 Å². The van der Waals surface area contributed by atoms with Crippen LogP contribution in [0.4, 0.5) is 0 Å².